The Morgan fingerprint density at radius 1 is 1.12 bits per heavy atom. The van der Waals surface area contributed by atoms with Crippen LogP contribution in [0.25, 0.3) is 11.0 Å². The maximum atomic E-state index is 13.9. The van der Waals surface area contributed by atoms with E-state index in [9.17, 15) is 14.0 Å². The molecule has 3 aromatic rings. The molecule has 0 saturated heterocycles. The lowest BCUT2D eigenvalue weighted by atomic mass is 9.98. The van der Waals surface area contributed by atoms with Crippen molar-refractivity contribution in [3.8, 4) is 5.75 Å². The Labute approximate surface area is 191 Å². The van der Waals surface area contributed by atoms with Gasteiger partial charge in [0.1, 0.15) is 17.1 Å². The summed E-state index contributed by atoms with van der Waals surface area (Å²) in [6.45, 7) is 7.35. The summed E-state index contributed by atoms with van der Waals surface area (Å²) in [4.78, 5) is 28.5. The highest BCUT2D eigenvalue weighted by molar-refractivity contribution is 5.99. The Hall–Kier alpha value is -3.19. The molecule has 1 atom stereocenters. The smallest absolute Gasteiger partial charge is 0.290 e. The van der Waals surface area contributed by atoms with Gasteiger partial charge in [0, 0.05) is 13.2 Å². The van der Waals surface area contributed by atoms with Crippen molar-refractivity contribution < 1.29 is 23.1 Å². The van der Waals surface area contributed by atoms with Crippen molar-refractivity contribution >= 4 is 16.9 Å². The van der Waals surface area contributed by atoms with Gasteiger partial charge < -0.3 is 18.8 Å². The van der Waals surface area contributed by atoms with Crippen LogP contribution >= 0.6 is 0 Å². The van der Waals surface area contributed by atoms with E-state index in [0.29, 0.717) is 31.9 Å². The predicted octanol–water partition coefficient (Wildman–Crippen LogP) is 5.08. The van der Waals surface area contributed by atoms with Gasteiger partial charge in [0.25, 0.3) is 5.91 Å². The minimum absolute atomic E-state index is 0.00812. The van der Waals surface area contributed by atoms with Gasteiger partial charge >= 0.3 is 0 Å². The molecule has 0 aliphatic carbocycles. The van der Waals surface area contributed by atoms with Crippen molar-refractivity contribution in [3.63, 3.8) is 0 Å². The third-order valence-electron chi connectivity index (χ3n) is 5.57. The molecule has 1 aliphatic heterocycles. The van der Waals surface area contributed by atoms with Crippen LogP contribution in [0.15, 0.2) is 51.7 Å². The molecule has 0 bridgehead atoms. The van der Waals surface area contributed by atoms with E-state index >= 15 is 0 Å². The average Bonchev–Trinajstić information content (AvgIpc) is 3.08. The number of halogens is 1. The fourth-order valence-electron chi connectivity index (χ4n) is 4.12. The second-order valence-electron chi connectivity index (χ2n) is 8.41. The van der Waals surface area contributed by atoms with E-state index in [2.05, 4.69) is 0 Å². The van der Waals surface area contributed by atoms with Gasteiger partial charge in [-0.1, -0.05) is 19.1 Å². The maximum absolute atomic E-state index is 13.9. The van der Waals surface area contributed by atoms with Crippen molar-refractivity contribution in [2.45, 2.75) is 45.8 Å². The number of carbonyl (C=O) groups is 1. The summed E-state index contributed by atoms with van der Waals surface area (Å²) < 4.78 is 31.2. The topological polar surface area (TPSA) is 69.0 Å². The van der Waals surface area contributed by atoms with Crippen LogP contribution < -0.4 is 10.2 Å². The number of carbonyl (C=O) groups excluding carboxylic acids is 1. The zero-order valence-corrected chi connectivity index (χ0v) is 19.1. The van der Waals surface area contributed by atoms with Crippen LogP contribution in [0.3, 0.4) is 0 Å². The van der Waals surface area contributed by atoms with Crippen LogP contribution in [0.2, 0.25) is 0 Å². The van der Waals surface area contributed by atoms with E-state index in [0.717, 1.165) is 18.1 Å². The fraction of sp³-hybridized carbons (Fsp3) is 0.385. The second-order valence-corrected chi connectivity index (χ2v) is 8.41. The van der Waals surface area contributed by atoms with E-state index < -0.39 is 17.3 Å². The zero-order valence-electron chi connectivity index (χ0n) is 19.1. The first-order valence-corrected chi connectivity index (χ1v) is 11.3. The SMILES string of the molecule is CCCOc1cccc([C@@H]2c3c(oc4ccc(F)cc4c3=O)C(=O)N2CCCOC(C)C)c1. The molecule has 2 aromatic carbocycles. The summed E-state index contributed by atoms with van der Waals surface area (Å²) in [7, 11) is 0. The van der Waals surface area contributed by atoms with E-state index in [1.165, 1.54) is 12.1 Å². The number of rotatable bonds is 9. The monoisotopic (exact) mass is 453 g/mol. The van der Waals surface area contributed by atoms with Crippen LogP contribution in [0.4, 0.5) is 4.39 Å². The van der Waals surface area contributed by atoms with Crippen molar-refractivity contribution in [1.29, 1.82) is 0 Å². The van der Waals surface area contributed by atoms with Gasteiger partial charge in [0.2, 0.25) is 5.76 Å². The number of fused-ring (bicyclic) bond motifs is 2. The maximum Gasteiger partial charge on any atom is 0.290 e. The quantitative estimate of drug-likeness (QED) is 0.423. The van der Waals surface area contributed by atoms with E-state index in [1.807, 2.05) is 45.0 Å². The summed E-state index contributed by atoms with van der Waals surface area (Å²) in [5.74, 6) is -0.223. The molecular weight excluding hydrogens is 425 g/mol. The highest BCUT2D eigenvalue weighted by Crippen LogP contribution is 2.39. The Balaban J connectivity index is 1.80. The lowest BCUT2D eigenvalue weighted by molar-refractivity contribution is 0.0593. The van der Waals surface area contributed by atoms with Crippen molar-refractivity contribution in [2.75, 3.05) is 19.8 Å². The highest BCUT2D eigenvalue weighted by Gasteiger charge is 2.42. The minimum atomic E-state index is -0.652. The Kier molecular flexibility index (Phi) is 6.79. The van der Waals surface area contributed by atoms with E-state index in [-0.39, 0.29) is 34.3 Å². The molecule has 1 aromatic heterocycles. The Morgan fingerprint density at radius 2 is 1.94 bits per heavy atom. The summed E-state index contributed by atoms with van der Waals surface area (Å²) in [5, 5.41) is 0.120. The van der Waals surface area contributed by atoms with E-state index in [4.69, 9.17) is 13.9 Å². The molecular formula is C26H28FNO5. The molecule has 1 amide bonds. The normalized spacial score (nSPS) is 15.5. The zero-order chi connectivity index (χ0) is 23.5. The predicted molar refractivity (Wildman–Crippen MR) is 123 cm³/mol. The van der Waals surface area contributed by atoms with Crippen LogP contribution in [-0.2, 0) is 4.74 Å². The molecule has 0 radical (unpaired) electrons. The van der Waals surface area contributed by atoms with Gasteiger partial charge in [-0.2, -0.15) is 0 Å². The molecule has 7 heteroatoms. The third-order valence-corrected chi connectivity index (χ3v) is 5.57. The first-order chi connectivity index (χ1) is 15.9. The number of hydrogen-bond acceptors (Lipinski definition) is 5. The number of benzene rings is 2. The van der Waals surface area contributed by atoms with Crippen molar-refractivity contribution in [2.24, 2.45) is 0 Å². The van der Waals surface area contributed by atoms with Crippen LogP contribution in [-0.4, -0.2) is 36.7 Å². The van der Waals surface area contributed by atoms with Crippen molar-refractivity contribution in [1.82, 2.24) is 4.90 Å². The second kappa shape index (κ2) is 9.75. The summed E-state index contributed by atoms with van der Waals surface area (Å²) >= 11 is 0. The molecule has 33 heavy (non-hydrogen) atoms. The van der Waals surface area contributed by atoms with Gasteiger partial charge in [-0.25, -0.2) is 4.39 Å². The molecule has 4 rings (SSSR count). The van der Waals surface area contributed by atoms with Gasteiger partial charge in [-0.15, -0.1) is 0 Å². The average molecular weight is 454 g/mol. The first-order valence-electron chi connectivity index (χ1n) is 11.3. The van der Waals surface area contributed by atoms with Crippen LogP contribution in [0.1, 0.15) is 61.3 Å². The van der Waals surface area contributed by atoms with Crippen molar-refractivity contribution in [3.05, 3.63) is 75.4 Å². The minimum Gasteiger partial charge on any atom is -0.494 e. The van der Waals surface area contributed by atoms with Gasteiger partial charge in [0.15, 0.2) is 5.43 Å². The van der Waals surface area contributed by atoms with Gasteiger partial charge in [0.05, 0.1) is 29.7 Å². The Bertz CT molecular complexity index is 1220. The van der Waals surface area contributed by atoms with Crippen LogP contribution in [0, 0.1) is 5.82 Å². The Morgan fingerprint density at radius 3 is 2.70 bits per heavy atom. The number of hydrogen-bond donors (Lipinski definition) is 0. The standard InChI is InChI=1S/C26H28FNO5/c1-4-12-32-19-8-5-7-17(14-19)23-22-24(29)20-15-18(27)9-10-21(20)33-25(22)26(30)28(23)11-6-13-31-16(2)3/h5,7-10,14-16,23H,4,6,11-13H2,1-3H3/t23-/m1/s1. The summed E-state index contributed by atoms with van der Waals surface area (Å²) in [5.41, 5.74) is 0.765. The lowest BCUT2D eigenvalue weighted by Gasteiger charge is -2.25. The first kappa shape index (κ1) is 23.0. The molecule has 0 saturated carbocycles. The number of amides is 1. The molecule has 2 heterocycles. The largest absolute Gasteiger partial charge is 0.494 e. The molecule has 6 nitrogen and oxygen atoms in total. The molecule has 0 fully saturated rings. The van der Waals surface area contributed by atoms with Crippen LogP contribution in [0.5, 0.6) is 5.75 Å². The van der Waals surface area contributed by atoms with Gasteiger partial charge in [-0.3, -0.25) is 9.59 Å². The fourth-order valence-corrected chi connectivity index (χ4v) is 4.12. The third kappa shape index (κ3) is 4.64. The number of nitrogens with zero attached hydrogens (tertiary/aromatic N) is 1. The molecule has 0 spiro atoms. The summed E-state index contributed by atoms with van der Waals surface area (Å²) in [6, 6.07) is 10.5. The number of ether oxygens (including phenoxy) is 2. The molecule has 0 N–H and O–H groups in total. The lowest BCUT2D eigenvalue weighted by Crippen LogP contribution is -2.31. The molecule has 174 valence electrons. The molecule has 1 aliphatic rings. The van der Waals surface area contributed by atoms with Gasteiger partial charge in [-0.05, 0) is 62.6 Å². The highest BCUT2D eigenvalue weighted by atomic mass is 19.1. The molecule has 0 unspecified atom stereocenters. The summed E-state index contributed by atoms with van der Waals surface area (Å²) in [6.07, 6.45) is 1.55. The van der Waals surface area contributed by atoms with E-state index in [1.54, 1.807) is 4.90 Å².